The molecule has 2 atom stereocenters. The summed E-state index contributed by atoms with van der Waals surface area (Å²) >= 11 is 0. The molecule has 19 heavy (non-hydrogen) atoms. The Bertz CT molecular complexity index is 423. The molecular formula is C12H24N2O4S. The number of nitrogens with one attached hydrogen (secondary N) is 1. The third-order valence-corrected chi connectivity index (χ3v) is 5.43. The molecule has 0 spiro atoms. The lowest BCUT2D eigenvalue weighted by Crippen LogP contribution is -2.57. The monoisotopic (exact) mass is 292 g/mol. The van der Waals surface area contributed by atoms with Crippen LogP contribution in [-0.2, 0) is 19.4 Å². The summed E-state index contributed by atoms with van der Waals surface area (Å²) in [5.74, 6) is 0.0919. The van der Waals surface area contributed by atoms with Crippen molar-refractivity contribution in [3.63, 3.8) is 0 Å². The number of carbonyl (C=O) groups is 1. The molecule has 1 N–H and O–H groups in total. The summed E-state index contributed by atoms with van der Waals surface area (Å²) < 4.78 is 28.0. The van der Waals surface area contributed by atoms with E-state index in [0.717, 1.165) is 0 Å². The van der Waals surface area contributed by atoms with Gasteiger partial charge in [0.05, 0.1) is 18.1 Å². The number of sulfone groups is 1. The average molecular weight is 292 g/mol. The molecule has 0 saturated carbocycles. The molecule has 0 aromatic rings. The minimum Gasteiger partial charge on any atom is -0.465 e. The zero-order valence-corrected chi connectivity index (χ0v) is 12.9. The minimum atomic E-state index is -2.91. The van der Waals surface area contributed by atoms with Crippen LogP contribution in [0.2, 0.25) is 0 Å². The highest BCUT2D eigenvalue weighted by molar-refractivity contribution is 7.91. The average Bonchev–Trinajstić information content (AvgIpc) is 2.70. The molecule has 0 aliphatic carbocycles. The van der Waals surface area contributed by atoms with Crippen molar-refractivity contribution in [1.29, 1.82) is 0 Å². The minimum absolute atomic E-state index is 0.0212. The van der Waals surface area contributed by atoms with Gasteiger partial charge in [0.1, 0.15) is 5.54 Å². The number of carbonyl (C=O) groups excluding carboxylic acids is 1. The molecule has 0 aromatic carbocycles. The van der Waals surface area contributed by atoms with Crippen LogP contribution < -0.4 is 5.32 Å². The largest absolute Gasteiger partial charge is 0.465 e. The Balaban J connectivity index is 2.68. The standard InChI is InChI=1S/C12H24N2O4S/c1-5-18-11(15)12(2,13-3)9-14(4)10-6-7-19(16,17)8-10/h10,13H,5-9H2,1-4H3. The molecule has 2 unspecified atom stereocenters. The zero-order chi connectivity index (χ0) is 14.7. The third kappa shape index (κ3) is 4.15. The van der Waals surface area contributed by atoms with Crippen LogP contribution in [-0.4, -0.2) is 69.6 Å². The van der Waals surface area contributed by atoms with Gasteiger partial charge < -0.3 is 10.1 Å². The molecule has 1 aliphatic heterocycles. The van der Waals surface area contributed by atoms with Gasteiger partial charge in [0.15, 0.2) is 9.84 Å². The van der Waals surface area contributed by atoms with E-state index < -0.39 is 15.4 Å². The fourth-order valence-electron chi connectivity index (χ4n) is 2.29. The van der Waals surface area contributed by atoms with Crippen LogP contribution in [0.25, 0.3) is 0 Å². The molecule has 1 fully saturated rings. The SMILES string of the molecule is CCOC(=O)C(C)(CN(C)C1CCS(=O)(=O)C1)NC. The number of ether oxygens (including phenoxy) is 1. The molecule has 112 valence electrons. The molecule has 1 rings (SSSR count). The van der Waals surface area contributed by atoms with Crippen LogP contribution in [0.3, 0.4) is 0 Å². The lowest BCUT2D eigenvalue weighted by Gasteiger charge is -2.33. The van der Waals surface area contributed by atoms with E-state index in [1.807, 2.05) is 11.9 Å². The first kappa shape index (κ1) is 16.4. The van der Waals surface area contributed by atoms with E-state index in [1.54, 1.807) is 20.9 Å². The summed E-state index contributed by atoms with van der Waals surface area (Å²) in [5, 5.41) is 2.97. The third-order valence-electron chi connectivity index (χ3n) is 3.68. The van der Waals surface area contributed by atoms with E-state index >= 15 is 0 Å². The lowest BCUT2D eigenvalue weighted by molar-refractivity contribution is -0.151. The van der Waals surface area contributed by atoms with Gasteiger partial charge in [-0.2, -0.15) is 0 Å². The molecule has 6 nitrogen and oxygen atoms in total. The number of hydrogen-bond donors (Lipinski definition) is 1. The molecule has 0 radical (unpaired) electrons. The molecule has 0 aromatic heterocycles. The van der Waals surface area contributed by atoms with Crippen LogP contribution in [0.1, 0.15) is 20.3 Å². The van der Waals surface area contributed by atoms with Crippen LogP contribution in [0.4, 0.5) is 0 Å². The van der Waals surface area contributed by atoms with Crippen molar-refractivity contribution in [2.45, 2.75) is 31.8 Å². The predicted octanol–water partition coefficient (Wildman–Crippen LogP) is -0.353. The highest BCUT2D eigenvalue weighted by Crippen LogP contribution is 2.19. The van der Waals surface area contributed by atoms with E-state index in [-0.39, 0.29) is 23.5 Å². The first-order valence-corrected chi connectivity index (χ1v) is 8.33. The number of hydrogen-bond acceptors (Lipinski definition) is 6. The Kier molecular flexibility index (Phi) is 5.34. The second-order valence-corrected chi connectivity index (χ2v) is 7.50. The fourth-order valence-corrected chi connectivity index (χ4v) is 4.09. The van der Waals surface area contributed by atoms with Crippen LogP contribution in [0.15, 0.2) is 0 Å². The van der Waals surface area contributed by atoms with Crippen molar-refractivity contribution in [3.05, 3.63) is 0 Å². The van der Waals surface area contributed by atoms with E-state index in [4.69, 9.17) is 4.74 Å². The van der Waals surface area contributed by atoms with Gasteiger partial charge in [-0.25, -0.2) is 8.42 Å². The van der Waals surface area contributed by atoms with Crippen molar-refractivity contribution in [1.82, 2.24) is 10.2 Å². The van der Waals surface area contributed by atoms with E-state index in [0.29, 0.717) is 19.6 Å². The van der Waals surface area contributed by atoms with E-state index in [9.17, 15) is 13.2 Å². The fraction of sp³-hybridized carbons (Fsp3) is 0.917. The number of nitrogens with zero attached hydrogens (tertiary/aromatic N) is 1. The Morgan fingerprint density at radius 1 is 1.53 bits per heavy atom. The van der Waals surface area contributed by atoms with Gasteiger partial charge in [-0.05, 0) is 34.4 Å². The van der Waals surface area contributed by atoms with Crippen molar-refractivity contribution in [2.75, 3.05) is 38.8 Å². The summed E-state index contributed by atoms with van der Waals surface area (Å²) in [7, 11) is 0.641. The Morgan fingerprint density at radius 3 is 2.58 bits per heavy atom. The first-order chi connectivity index (χ1) is 8.74. The van der Waals surface area contributed by atoms with Gasteiger partial charge in [0, 0.05) is 12.6 Å². The van der Waals surface area contributed by atoms with Crippen molar-refractivity contribution in [3.8, 4) is 0 Å². The van der Waals surface area contributed by atoms with Gasteiger partial charge in [0.2, 0.25) is 0 Å². The molecular weight excluding hydrogens is 268 g/mol. The van der Waals surface area contributed by atoms with Crippen molar-refractivity contribution < 1.29 is 17.9 Å². The maximum absolute atomic E-state index is 11.9. The number of rotatable bonds is 6. The van der Waals surface area contributed by atoms with Gasteiger partial charge >= 0.3 is 5.97 Å². The normalized spacial score (nSPS) is 25.2. The molecule has 7 heteroatoms. The van der Waals surface area contributed by atoms with Crippen molar-refractivity contribution in [2.24, 2.45) is 0 Å². The molecule has 1 saturated heterocycles. The smallest absolute Gasteiger partial charge is 0.327 e. The molecule has 0 bridgehead atoms. The maximum atomic E-state index is 11.9. The predicted molar refractivity (Wildman–Crippen MR) is 73.8 cm³/mol. The lowest BCUT2D eigenvalue weighted by atomic mass is 10.0. The zero-order valence-electron chi connectivity index (χ0n) is 12.1. The molecule has 1 heterocycles. The van der Waals surface area contributed by atoms with Crippen LogP contribution in [0.5, 0.6) is 0 Å². The highest BCUT2D eigenvalue weighted by Gasteiger charge is 2.38. The first-order valence-electron chi connectivity index (χ1n) is 6.51. The van der Waals surface area contributed by atoms with Crippen LogP contribution >= 0.6 is 0 Å². The van der Waals surface area contributed by atoms with E-state index in [2.05, 4.69) is 5.32 Å². The van der Waals surface area contributed by atoms with Crippen molar-refractivity contribution >= 4 is 15.8 Å². The summed E-state index contributed by atoms with van der Waals surface area (Å²) in [6.45, 7) is 4.28. The number of esters is 1. The summed E-state index contributed by atoms with van der Waals surface area (Å²) in [6, 6.07) is -0.0212. The Labute approximate surface area is 115 Å². The van der Waals surface area contributed by atoms with Gasteiger partial charge in [-0.15, -0.1) is 0 Å². The number of likely N-dealkylation sites (N-methyl/N-ethyl adjacent to an activating group) is 2. The van der Waals surface area contributed by atoms with Gasteiger partial charge in [0.25, 0.3) is 0 Å². The molecule has 1 aliphatic rings. The highest BCUT2D eigenvalue weighted by atomic mass is 32.2. The van der Waals surface area contributed by atoms with Gasteiger partial charge in [-0.1, -0.05) is 0 Å². The van der Waals surface area contributed by atoms with Gasteiger partial charge in [-0.3, -0.25) is 9.69 Å². The summed E-state index contributed by atoms with van der Waals surface area (Å²) in [4.78, 5) is 13.9. The van der Waals surface area contributed by atoms with Crippen LogP contribution in [0, 0.1) is 0 Å². The second kappa shape index (κ2) is 6.19. The summed E-state index contributed by atoms with van der Waals surface area (Å²) in [6.07, 6.45) is 0.626. The maximum Gasteiger partial charge on any atom is 0.327 e. The second-order valence-electron chi connectivity index (χ2n) is 5.27. The quantitative estimate of drug-likeness (QED) is 0.674. The Morgan fingerprint density at radius 2 is 2.16 bits per heavy atom. The van der Waals surface area contributed by atoms with E-state index in [1.165, 1.54) is 0 Å². The molecule has 0 amide bonds. The summed E-state index contributed by atoms with van der Waals surface area (Å²) in [5.41, 5.74) is -0.822. The topological polar surface area (TPSA) is 75.7 Å². The Hall–Kier alpha value is -0.660.